The Labute approximate surface area is 86.9 Å². The Morgan fingerprint density at radius 2 is 2.21 bits per heavy atom. The molecule has 0 saturated heterocycles. The van der Waals surface area contributed by atoms with Gasteiger partial charge in [-0.05, 0) is 6.42 Å². The summed E-state index contributed by atoms with van der Waals surface area (Å²) in [5, 5.41) is 4.05. The predicted octanol–water partition coefficient (Wildman–Crippen LogP) is 3.16. The van der Waals surface area contributed by atoms with Gasteiger partial charge in [0.15, 0.2) is 0 Å². The molecule has 2 heterocycles. The Hall–Kier alpha value is -1.03. The first-order valence-electron chi connectivity index (χ1n) is 4.81. The van der Waals surface area contributed by atoms with Crippen LogP contribution in [0.4, 0.5) is 5.69 Å². The number of rotatable bonds is 2. The van der Waals surface area contributed by atoms with Crippen molar-refractivity contribution in [1.82, 2.24) is 5.16 Å². The van der Waals surface area contributed by atoms with Gasteiger partial charge in [-0.2, -0.15) is 0 Å². The average Bonchev–Trinajstić information content (AvgIpc) is 2.66. The van der Waals surface area contributed by atoms with Crippen LogP contribution in [-0.2, 0) is 6.42 Å². The smallest absolute Gasteiger partial charge is 0.201 e. The molecule has 0 fully saturated rings. The molecule has 0 aliphatic heterocycles. The van der Waals surface area contributed by atoms with Gasteiger partial charge in [-0.15, -0.1) is 11.3 Å². The van der Waals surface area contributed by atoms with Crippen LogP contribution in [0.3, 0.4) is 0 Å². The summed E-state index contributed by atoms with van der Waals surface area (Å²) in [5.74, 6) is 0.388. The van der Waals surface area contributed by atoms with Crippen molar-refractivity contribution in [3.05, 3.63) is 10.6 Å². The molecule has 0 bridgehead atoms. The Morgan fingerprint density at radius 1 is 1.50 bits per heavy atom. The SMILES string of the molecule is CCc1sc2c(C(C)C)noc2c1N. The van der Waals surface area contributed by atoms with Crippen LogP contribution >= 0.6 is 11.3 Å². The number of hydrogen-bond donors (Lipinski definition) is 1. The number of thiophene rings is 1. The second-order valence-corrected chi connectivity index (χ2v) is 4.78. The molecule has 0 aliphatic rings. The van der Waals surface area contributed by atoms with E-state index in [0.29, 0.717) is 5.92 Å². The van der Waals surface area contributed by atoms with Crippen molar-refractivity contribution in [2.24, 2.45) is 0 Å². The molecule has 0 amide bonds. The van der Waals surface area contributed by atoms with Crippen molar-refractivity contribution in [2.75, 3.05) is 5.73 Å². The average molecular weight is 210 g/mol. The van der Waals surface area contributed by atoms with Crippen LogP contribution < -0.4 is 5.73 Å². The first kappa shape index (κ1) is 9.52. The van der Waals surface area contributed by atoms with Crippen molar-refractivity contribution in [3.8, 4) is 0 Å². The summed E-state index contributed by atoms with van der Waals surface area (Å²) in [6.45, 7) is 6.32. The van der Waals surface area contributed by atoms with E-state index in [0.717, 1.165) is 28.1 Å². The highest BCUT2D eigenvalue weighted by molar-refractivity contribution is 7.19. The maximum atomic E-state index is 5.94. The van der Waals surface area contributed by atoms with Gasteiger partial charge in [0.05, 0.1) is 5.69 Å². The molecule has 0 unspecified atom stereocenters. The fourth-order valence-electron chi connectivity index (χ4n) is 1.50. The van der Waals surface area contributed by atoms with Crippen molar-refractivity contribution in [2.45, 2.75) is 33.1 Å². The minimum absolute atomic E-state index is 0.388. The molecule has 0 atom stereocenters. The Balaban J connectivity index is 2.68. The molecule has 14 heavy (non-hydrogen) atoms. The van der Waals surface area contributed by atoms with Gasteiger partial charge in [0.1, 0.15) is 10.4 Å². The number of hydrogen-bond acceptors (Lipinski definition) is 4. The third-order valence-electron chi connectivity index (χ3n) is 2.31. The first-order chi connectivity index (χ1) is 6.65. The fraction of sp³-hybridized carbons (Fsp3) is 0.500. The second-order valence-electron chi connectivity index (χ2n) is 3.67. The Kier molecular flexibility index (Phi) is 2.23. The quantitative estimate of drug-likeness (QED) is 0.828. The van der Waals surface area contributed by atoms with Crippen molar-refractivity contribution >= 4 is 27.3 Å². The molecule has 2 N–H and O–H groups in total. The minimum Gasteiger partial charge on any atom is -0.395 e. The number of nitrogen functional groups attached to an aromatic ring is 1. The summed E-state index contributed by atoms with van der Waals surface area (Å²) >= 11 is 1.70. The fourth-order valence-corrected chi connectivity index (χ4v) is 2.71. The van der Waals surface area contributed by atoms with Gasteiger partial charge in [0, 0.05) is 10.8 Å². The number of nitrogens with zero attached hydrogens (tertiary/aromatic N) is 1. The maximum Gasteiger partial charge on any atom is 0.201 e. The zero-order chi connectivity index (χ0) is 10.3. The highest BCUT2D eigenvalue weighted by atomic mass is 32.1. The lowest BCUT2D eigenvalue weighted by molar-refractivity contribution is 0.442. The van der Waals surface area contributed by atoms with E-state index in [9.17, 15) is 0 Å². The summed E-state index contributed by atoms with van der Waals surface area (Å²) in [6.07, 6.45) is 0.957. The van der Waals surface area contributed by atoms with Crippen LogP contribution in [-0.4, -0.2) is 5.16 Å². The van der Waals surface area contributed by atoms with Gasteiger partial charge < -0.3 is 10.3 Å². The number of nitrogens with two attached hydrogens (primary N) is 1. The normalized spacial score (nSPS) is 11.7. The van der Waals surface area contributed by atoms with Gasteiger partial charge in [-0.25, -0.2) is 0 Å². The minimum atomic E-state index is 0.388. The summed E-state index contributed by atoms with van der Waals surface area (Å²) in [4.78, 5) is 1.20. The van der Waals surface area contributed by atoms with Gasteiger partial charge in [-0.1, -0.05) is 25.9 Å². The molecule has 0 aromatic carbocycles. The molecule has 0 saturated carbocycles. The molecule has 0 aliphatic carbocycles. The van der Waals surface area contributed by atoms with Gasteiger partial charge in [0.2, 0.25) is 5.58 Å². The van der Waals surface area contributed by atoms with Crippen molar-refractivity contribution < 1.29 is 4.52 Å². The highest BCUT2D eigenvalue weighted by Crippen LogP contribution is 2.38. The largest absolute Gasteiger partial charge is 0.395 e. The van der Waals surface area contributed by atoms with Crippen LogP contribution in [0.2, 0.25) is 0 Å². The van der Waals surface area contributed by atoms with E-state index in [1.165, 1.54) is 4.88 Å². The molecule has 2 aromatic rings. The second kappa shape index (κ2) is 3.28. The molecule has 4 heteroatoms. The predicted molar refractivity (Wildman–Crippen MR) is 59.8 cm³/mol. The van der Waals surface area contributed by atoms with Crippen molar-refractivity contribution in [1.29, 1.82) is 0 Å². The van der Waals surface area contributed by atoms with Crippen LogP contribution in [0.15, 0.2) is 4.52 Å². The van der Waals surface area contributed by atoms with Crippen molar-refractivity contribution in [3.63, 3.8) is 0 Å². The molecule has 2 rings (SSSR count). The van der Waals surface area contributed by atoms with Gasteiger partial charge >= 0.3 is 0 Å². The van der Waals surface area contributed by atoms with Gasteiger partial charge in [-0.3, -0.25) is 0 Å². The van der Waals surface area contributed by atoms with Crippen LogP contribution in [0.1, 0.15) is 37.3 Å². The standard InChI is InChI=1S/C10H14N2OS/c1-4-6-7(11)9-10(14-6)8(5(2)3)12-13-9/h5H,4,11H2,1-3H3. The lowest BCUT2D eigenvalue weighted by Crippen LogP contribution is -1.86. The van der Waals surface area contributed by atoms with Crippen LogP contribution in [0.25, 0.3) is 10.3 Å². The summed E-state index contributed by atoms with van der Waals surface area (Å²) in [5.41, 5.74) is 8.51. The Bertz CT molecular complexity index is 456. The highest BCUT2D eigenvalue weighted by Gasteiger charge is 2.18. The topological polar surface area (TPSA) is 52.0 Å². The summed E-state index contributed by atoms with van der Waals surface area (Å²) < 4.78 is 6.38. The molecule has 0 spiro atoms. The van der Waals surface area contributed by atoms with E-state index in [1.54, 1.807) is 11.3 Å². The molecular formula is C10H14N2OS. The zero-order valence-corrected chi connectivity index (χ0v) is 9.44. The lowest BCUT2D eigenvalue weighted by Gasteiger charge is -1.95. The number of aryl methyl sites for hydroxylation is 1. The lowest BCUT2D eigenvalue weighted by atomic mass is 10.1. The van der Waals surface area contributed by atoms with E-state index >= 15 is 0 Å². The maximum absolute atomic E-state index is 5.94. The number of anilines is 1. The van der Waals surface area contributed by atoms with E-state index in [2.05, 4.69) is 25.9 Å². The summed E-state index contributed by atoms with van der Waals surface area (Å²) in [7, 11) is 0. The summed E-state index contributed by atoms with van der Waals surface area (Å²) in [6, 6.07) is 0. The number of fused-ring (bicyclic) bond motifs is 1. The molecular weight excluding hydrogens is 196 g/mol. The monoisotopic (exact) mass is 210 g/mol. The van der Waals surface area contributed by atoms with Crippen LogP contribution in [0.5, 0.6) is 0 Å². The van der Waals surface area contributed by atoms with Gasteiger partial charge in [0.25, 0.3) is 0 Å². The van der Waals surface area contributed by atoms with Crippen LogP contribution in [0, 0.1) is 0 Å². The Morgan fingerprint density at radius 3 is 2.79 bits per heavy atom. The third kappa shape index (κ3) is 1.21. The number of aromatic nitrogens is 1. The molecule has 76 valence electrons. The molecule has 2 aromatic heterocycles. The zero-order valence-electron chi connectivity index (χ0n) is 8.63. The first-order valence-corrected chi connectivity index (χ1v) is 5.63. The third-order valence-corrected chi connectivity index (χ3v) is 3.67. The van der Waals surface area contributed by atoms with E-state index in [1.807, 2.05) is 0 Å². The van der Waals surface area contributed by atoms with E-state index in [-0.39, 0.29) is 0 Å². The molecule has 3 nitrogen and oxygen atoms in total. The molecule has 0 radical (unpaired) electrons. The van der Waals surface area contributed by atoms with E-state index < -0.39 is 0 Å². The van der Waals surface area contributed by atoms with E-state index in [4.69, 9.17) is 10.3 Å².